The van der Waals surface area contributed by atoms with Crippen molar-refractivity contribution in [3.05, 3.63) is 70.7 Å². The molecule has 1 N–H and O–H groups in total. The van der Waals surface area contributed by atoms with Crippen LogP contribution in [0.4, 0.5) is 5.69 Å². The van der Waals surface area contributed by atoms with Gasteiger partial charge < -0.3 is 19.5 Å². The summed E-state index contributed by atoms with van der Waals surface area (Å²) in [6.45, 7) is 0. The normalized spacial score (nSPS) is 10.3. The van der Waals surface area contributed by atoms with E-state index >= 15 is 0 Å². The number of hydrogen-bond donors (Lipinski definition) is 1. The van der Waals surface area contributed by atoms with Crippen molar-refractivity contribution in [2.75, 3.05) is 26.6 Å². The number of ether oxygens (including phenoxy) is 3. The fourth-order valence-corrected chi connectivity index (χ4v) is 3.45. The lowest BCUT2D eigenvalue weighted by Crippen LogP contribution is -2.13. The van der Waals surface area contributed by atoms with Gasteiger partial charge in [-0.2, -0.15) is 0 Å². The van der Waals surface area contributed by atoms with Gasteiger partial charge in [-0.25, -0.2) is 0 Å². The van der Waals surface area contributed by atoms with Crippen LogP contribution in [0.2, 0.25) is 0 Å². The van der Waals surface area contributed by atoms with Gasteiger partial charge in [-0.3, -0.25) is 4.79 Å². The molecule has 0 aliphatic carbocycles. The number of methoxy groups -OCH3 is 3. The molecular weight excluding hydrogens is 422 g/mol. The number of halogens is 1. The molecule has 1 amide bonds. The van der Waals surface area contributed by atoms with E-state index in [0.717, 1.165) is 21.3 Å². The summed E-state index contributed by atoms with van der Waals surface area (Å²) >= 11 is 3.60. The van der Waals surface area contributed by atoms with Gasteiger partial charge in [0.25, 0.3) is 5.91 Å². The Morgan fingerprint density at radius 2 is 1.32 bits per heavy atom. The zero-order valence-electron chi connectivity index (χ0n) is 15.8. The predicted octanol–water partition coefficient (Wildman–Crippen LogP) is 5.39. The number of nitrogens with one attached hydrogen (secondary N) is 1. The van der Waals surface area contributed by atoms with E-state index < -0.39 is 0 Å². The zero-order chi connectivity index (χ0) is 20.1. The van der Waals surface area contributed by atoms with Gasteiger partial charge in [0.15, 0.2) is 0 Å². The van der Waals surface area contributed by atoms with E-state index in [9.17, 15) is 4.79 Å². The summed E-state index contributed by atoms with van der Waals surface area (Å²) in [6.07, 6.45) is 0. The Balaban J connectivity index is 1.99. The molecule has 0 saturated carbocycles. The number of hydrogen-bond acceptors (Lipinski definition) is 4. The second-order valence-electron chi connectivity index (χ2n) is 5.94. The summed E-state index contributed by atoms with van der Waals surface area (Å²) in [6, 6.07) is 18.2. The van der Waals surface area contributed by atoms with Crippen molar-refractivity contribution in [1.82, 2.24) is 0 Å². The van der Waals surface area contributed by atoms with Crippen LogP contribution in [0, 0.1) is 0 Å². The molecule has 0 atom stereocenters. The van der Waals surface area contributed by atoms with Crippen LogP contribution in [0.1, 0.15) is 10.4 Å². The maximum absolute atomic E-state index is 12.8. The van der Waals surface area contributed by atoms with Gasteiger partial charge in [-0.05, 0) is 64.0 Å². The number of amides is 1. The van der Waals surface area contributed by atoms with Crippen LogP contribution < -0.4 is 19.5 Å². The van der Waals surface area contributed by atoms with E-state index in [2.05, 4.69) is 21.2 Å². The molecule has 0 heterocycles. The average Bonchev–Trinajstić information content (AvgIpc) is 2.73. The second kappa shape index (κ2) is 8.80. The first kappa shape index (κ1) is 19.8. The lowest BCUT2D eigenvalue weighted by molar-refractivity contribution is 0.102. The third-order valence-electron chi connectivity index (χ3n) is 4.28. The van der Waals surface area contributed by atoms with E-state index in [4.69, 9.17) is 14.2 Å². The predicted molar refractivity (Wildman–Crippen MR) is 114 cm³/mol. The number of anilines is 1. The van der Waals surface area contributed by atoms with Gasteiger partial charge >= 0.3 is 0 Å². The minimum atomic E-state index is -0.224. The van der Waals surface area contributed by atoms with Crippen molar-refractivity contribution in [3.63, 3.8) is 0 Å². The van der Waals surface area contributed by atoms with E-state index in [-0.39, 0.29) is 5.91 Å². The lowest BCUT2D eigenvalue weighted by atomic mass is 10.0. The van der Waals surface area contributed by atoms with Gasteiger partial charge in [0, 0.05) is 21.7 Å². The zero-order valence-corrected chi connectivity index (χ0v) is 17.4. The van der Waals surface area contributed by atoms with Crippen LogP contribution in [0.5, 0.6) is 17.2 Å². The highest BCUT2D eigenvalue weighted by Gasteiger charge is 2.16. The molecule has 0 bridgehead atoms. The summed E-state index contributed by atoms with van der Waals surface area (Å²) < 4.78 is 16.5. The van der Waals surface area contributed by atoms with Crippen LogP contribution in [0.15, 0.2) is 65.1 Å². The molecule has 0 spiro atoms. The van der Waals surface area contributed by atoms with Crippen molar-refractivity contribution >= 4 is 27.5 Å². The molecule has 0 unspecified atom stereocenters. The quantitative estimate of drug-likeness (QED) is 0.556. The van der Waals surface area contributed by atoms with E-state index in [1.807, 2.05) is 30.3 Å². The fraction of sp³-hybridized carbons (Fsp3) is 0.136. The Hall–Kier alpha value is -2.99. The Morgan fingerprint density at radius 1 is 0.786 bits per heavy atom. The Bertz CT molecular complexity index is 969. The molecule has 0 aliphatic rings. The van der Waals surface area contributed by atoms with Crippen LogP contribution in [0.25, 0.3) is 11.1 Å². The molecule has 0 aliphatic heterocycles. The molecule has 144 valence electrons. The highest BCUT2D eigenvalue weighted by atomic mass is 79.9. The topological polar surface area (TPSA) is 56.8 Å². The summed E-state index contributed by atoms with van der Waals surface area (Å²) in [5, 5.41) is 2.99. The minimum Gasteiger partial charge on any atom is -0.497 e. The smallest absolute Gasteiger partial charge is 0.255 e. The van der Waals surface area contributed by atoms with Gasteiger partial charge in [-0.15, -0.1) is 0 Å². The summed E-state index contributed by atoms with van der Waals surface area (Å²) in [4.78, 5) is 12.8. The molecule has 3 aromatic rings. The molecule has 0 radical (unpaired) electrons. The maximum Gasteiger partial charge on any atom is 0.255 e. The minimum absolute atomic E-state index is 0.224. The first-order chi connectivity index (χ1) is 13.5. The molecule has 0 saturated heterocycles. The number of carbonyl (C=O) groups is 1. The molecule has 28 heavy (non-hydrogen) atoms. The summed E-state index contributed by atoms with van der Waals surface area (Å²) in [7, 11) is 4.80. The SMILES string of the molecule is COc1ccc(C(=O)Nc2cc(OC)cc(Br)c2-c2ccc(OC)cc2)cc1. The number of carbonyl (C=O) groups excluding carboxylic acids is 1. The van der Waals surface area contributed by atoms with E-state index in [1.165, 1.54) is 0 Å². The van der Waals surface area contributed by atoms with Crippen LogP contribution >= 0.6 is 15.9 Å². The molecular formula is C22H20BrNO4. The first-order valence-corrected chi connectivity index (χ1v) is 9.32. The standard InChI is InChI=1S/C22H20BrNO4/c1-26-16-8-4-14(5-9-16)21-19(23)12-18(28-3)13-20(21)24-22(25)15-6-10-17(27-2)11-7-15/h4-13H,1-3H3,(H,24,25). The van der Waals surface area contributed by atoms with Crippen LogP contribution in [0.3, 0.4) is 0 Å². The average molecular weight is 442 g/mol. The van der Waals surface area contributed by atoms with Crippen molar-refractivity contribution < 1.29 is 19.0 Å². The second-order valence-corrected chi connectivity index (χ2v) is 6.80. The lowest BCUT2D eigenvalue weighted by Gasteiger charge is -2.16. The molecule has 0 fully saturated rings. The van der Waals surface area contributed by atoms with Crippen molar-refractivity contribution in [1.29, 1.82) is 0 Å². The highest BCUT2D eigenvalue weighted by molar-refractivity contribution is 9.10. The molecule has 3 aromatic carbocycles. The largest absolute Gasteiger partial charge is 0.497 e. The van der Waals surface area contributed by atoms with E-state index in [1.54, 1.807) is 51.7 Å². The molecule has 6 heteroatoms. The maximum atomic E-state index is 12.8. The summed E-state index contributed by atoms with van der Waals surface area (Å²) in [5.41, 5.74) is 2.95. The first-order valence-electron chi connectivity index (χ1n) is 8.53. The van der Waals surface area contributed by atoms with E-state index in [0.29, 0.717) is 22.7 Å². The van der Waals surface area contributed by atoms with Gasteiger partial charge in [0.05, 0.1) is 27.0 Å². The van der Waals surface area contributed by atoms with Crippen LogP contribution in [-0.2, 0) is 0 Å². The van der Waals surface area contributed by atoms with Crippen LogP contribution in [-0.4, -0.2) is 27.2 Å². The molecule has 5 nitrogen and oxygen atoms in total. The van der Waals surface area contributed by atoms with Gasteiger partial charge in [-0.1, -0.05) is 12.1 Å². The highest BCUT2D eigenvalue weighted by Crippen LogP contribution is 2.39. The van der Waals surface area contributed by atoms with Gasteiger partial charge in [0.2, 0.25) is 0 Å². The third kappa shape index (κ3) is 4.28. The van der Waals surface area contributed by atoms with Gasteiger partial charge in [0.1, 0.15) is 17.2 Å². The van der Waals surface area contributed by atoms with Crippen molar-refractivity contribution in [3.8, 4) is 28.4 Å². The number of benzene rings is 3. The van der Waals surface area contributed by atoms with Crippen molar-refractivity contribution in [2.45, 2.75) is 0 Å². The summed E-state index contributed by atoms with van der Waals surface area (Å²) in [5.74, 6) is 1.86. The number of rotatable bonds is 6. The monoisotopic (exact) mass is 441 g/mol. The Labute approximate surface area is 172 Å². The Morgan fingerprint density at radius 3 is 1.86 bits per heavy atom. The Kier molecular flexibility index (Phi) is 6.21. The fourth-order valence-electron chi connectivity index (χ4n) is 2.79. The molecule has 0 aromatic heterocycles. The van der Waals surface area contributed by atoms with Crippen molar-refractivity contribution in [2.24, 2.45) is 0 Å². The molecule has 3 rings (SSSR count). The third-order valence-corrected chi connectivity index (χ3v) is 4.90.